The van der Waals surface area contributed by atoms with Crippen LogP contribution in [0.25, 0.3) is 0 Å². The summed E-state index contributed by atoms with van der Waals surface area (Å²) in [7, 11) is 0. The number of halogens is 2. The Kier molecular flexibility index (Phi) is 7.49. The van der Waals surface area contributed by atoms with E-state index in [-0.39, 0.29) is 6.04 Å². The lowest BCUT2D eigenvalue weighted by atomic mass is 9.97. The van der Waals surface area contributed by atoms with Crippen molar-refractivity contribution in [1.82, 2.24) is 10.2 Å². The number of nitrogens with zero attached hydrogens (tertiary/aromatic N) is 1. The Hall–Kier alpha value is -1.46. The minimum Gasteiger partial charge on any atom is -0.434 e. The molecule has 2 rings (SSSR count). The second-order valence-electron chi connectivity index (χ2n) is 5.79. The number of hydrogen-bond acceptors (Lipinski definition) is 3. The fraction of sp³-hybridized carbons (Fsp3) is 0.556. The average Bonchev–Trinajstić information content (AvgIpc) is 2.56. The molecule has 0 unspecified atom stereocenters. The summed E-state index contributed by atoms with van der Waals surface area (Å²) >= 11 is 0. The van der Waals surface area contributed by atoms with Gasteiger partial charge in [0.1, 0.15) is 5.75 Å². The summed E-state index contributed by atoms with van der Waals surface area (Å²) in [4.78, 5) is 2.37. The highest BCUT2D eigenvalue weighted by atomic mass is 19.3. The van der Waals surface area contributed by atoms with Crippen LogP contribution in [0.5, 0.6) is 5.75 Å². The van der Waals surface area contributed by atoms with E-state index in [1.54, 1.807) is 12.1 Å². The van der Waals surface area contributed by atoms with Crippen molar-refractivity contribution >= 4 is 0 Å². The number of para-hydroxylation sites is 1. The van der Waals surface area contributed by atoms with Gasteiger partial charge in [0, 0.05) is 37.8 Å². The van der Waals surface area contributed by atoms with Crippen LogP contribution < -0.4 is 10.1 Å². The Morgan fingerprint density at radius 1 is 1.22 bits per heavy atom. The number of hydrogen-bond donors (Lipinski definition) is 1. The molecule has 1 aliphatic rings. The molecule has 0 spiro atoms. The Balaban J connectivity index is 2.15. The lowest BCUT2D eigenvalue weighted by Crippen LogP contribution is -2.45. The van der Waals surface area contributed by atoms with Crippen molar-refractivity contribution in [1.29, 1.82) is 0 Å². The van der Waals surface area contributed by atoms with Gasteiger partial charge in [-0.25, -0.2) is 0 Å². The Labute approximate surface area is 137 Å². The molecule has 1 aliphatic heterocycles. The summed E-state index contributed by atoms with van der Waals surface area (Å²) < 4.78 is 30.2. The van der Waals surface area contributed by atoms with E-state index in [2.05, 4.69) is 16.8 Å². The zero-order valence-electron chi connectivity index (χ0n) is 13.5. The normalized spacial score (nSPS) is 17.2. The van der Waals surface area contributed by atoms with Gasteiger partial charge in [-0.05, 0) is 25.3 Å². The first-order chi connectivity index (χ1) is 11.2. The monoisotopic (exact) mass is 324 g/mol. The highest BCUT2D eigenvalue weighted by molar-refractivity contribution is 5.36. The third-order valence-electron chi connectivity index (χ3n) is 4.22. The van der Waals surface area contributed by atoms with Gasteiger partial charge < -0.3 is 10.1 Å². The van der Waals surface area contributed by atoms with Crippen molar-refractivity contribution in [3.05, 3.63) is 42.5 Å². The number of ether oxygens (including phenoxy) is 1. The number of piperazine rings is 1. The van der Waals surface area contributed by atoms with Crippen LogP contribution in [0.1, 0.15) is 37.3 Å². The molecular weight excluding hydrogens is 298 g/mol. The molecule has 0 amide bonds. The van der Waals surface area contributed by atoms with Crippen molar-refractivity contribution in [3.8, 4) is 5.75 Å². The summed E-state index contributed by atoms with van der Waals surface area (Å²) in [5.74, 6) is 0.301. The second kappa shape index (κ2) is 9.63. The number of nitrogens with one attached hydrogen (secondary N) is 1. The molecule has 0 aromatic heterocycles. The molecule has 1 saturated heterocycles. The molecule has 0 saturated carbocycles. The summed E-state index contributed by atoms with van der Waals surface area (Å²) in [5.41, 5.74) is 0.869. The maximum Gasteiger partial charge on any atom is 0.387 e. The molecule has 23 heavy (non-hydrogen) atoms. The maximum absolute atomic E-state index is 12.7. The molecule has 1 atom stereocenters. The van der Waals surface area contributed by atoms with Crippen molar-refractivity contribution in [2.24, 2.45) is 0 Å². The second-order valence-corrected chi connectivity index (χ2v) is 5.79. The molecule has 0 radical (unpaired) electrons. The molecular formula is C18H26F2N2O. The number of allylic oxidation sites excluding steroid dienone is 1. The number of alkyl halides is 2. The first-order valence-electron chi connectivity index (χ1n) is 8.31. The van der Waals surface area contributed by atoms with Crippen LogP contribution in [0.2, 0.25) is 0 Å². The lowest BCUT2D eigenvalue weighted by molar-refractivity contribution is -0.0513. The minimum absolute atomic E-state index is 0.122. The predicted molar refractivity (Wildman–Crippen MR) is 88.9 cm³/mol. The van der Waals surface area contributed by atoms with Gasteiger partial charge >= 0.3 is 6.61 Å². The van der Waals surface area contributed by atoms with E-state index < -0.39 is 6.61 Å². The van der Waals surface area contributed by atoms with Gasteiger partial charge in [-0.1, -0.05) is 30.7 Å². The summed E-state index contributed by atoms with van der Waals surface area (Å²) in [6.45, 7) is 4.67. The molecule has 0 bridgehead atoms. The third-order valence-corrected chi connectivity index (χ3v) is 4.22. The first-order valence-corrected chi connectivity index (χ1v) is 8.31. The molecule has 5 heteroatoms. The summed E-state index contributed by atoms with van der Waals surface area (Å²) in [6, 6.07) is 7.32. The minimum atomic E-state index is -2.79. The quantitative estimate of drug-likeness (QED) is 0.549. The van der Waals surface area contributed by atoms with E-state index in [1.165, 1.54) is 0 Å². The first kappa shape index (κ1) is 17.9. The van der Waals surface area contributed by atoms with Crippen LogP contribution in [0, 0.1) is 0 Å². The van der Waals surface area contributed by atoms with Crippen molar-refractivity contribution < 1.29 is 13.5 Å². The predicted octanol–water partition coefficient (Wildman–Crippen LogP) is 3.98. The topological polar surface area (TPSA) is 24.5 Å². The number of unbranched alkanes of at least 4 members (excludes halogenated alkanes) is 2. The zero-order valence-corrected chi connectivity index (χ0v) is 13.5. The highest BCUT2D eigenvalue weighted by Gasteiger charge is 2.25. The van der Waals surface area contributed by atoms with E-state index in [1.807, 2.05) is 18.2 Å². The fourth-order valence-corrected chi connectivity index (χ4v) is 3.11. The smallest absolute Gasteiger partial charge is 0.387 e. The molecule has 0 aliphatic carbocycles. The Morgan fingerprint density at radius 2 is 1.96 bits per heavy atom. The van der Waals surface area contributed by atoms with Gasteiger partial charge in [0.2, 0.25) is 0 Å². The number of benzene rings is 1. The Morgan fingerprint density at radius 3 is 2.65 bits per heavy atom. The highest BCUT2D eigenvalue weighted by Crippen LogP contribution is 2.34. The van der Waals surface area contributed by atoms with Gasteiger partial charge in [0.15, 0.2) is 0 Å². The van der Waals surface area contributed by atoms with E-state index in [0.717, 1.165) is 57.4 Å². The van der Waals surface area contributed by atoms with Crippen LogP contribution in [0.15, 0.2) is 36.9 Å². The van der Waals surface area contributed by atoms with Gasteiger partial charge in [0.25, 0.3) is 0 Å². The van der Waals surface area contributed by atoms with Gasteiger partial charge in [-0.2, -0.15) is 8.78 Å². The van der Waals surface area contributed by atoms with E-state index in [0.29, 0.717) is 5.75 Å². The van der Waals surface area contributed by atoms with Crippen molar-refractivity contribution in [2.75, 3.05) is 26.2 Å². The SMILES string of the molecule is C=CCCCC[C@H](c1ccccc1OC(F)F)N1CCNCC1. The molecule has 1 N–H and O–H groups in total. The van der Waals surface area contributed by atoms with Gasteiger partial charge in [0.05, 0.1) is 0 Å². The lowest BCUT2D eigenvalue weighted by Gasteiger charge is -2.36. The molecule has 128 valence electrons. The number of rotatable bonds is 9. The van der Waals surface area contributed by atoms with Crippen LogP contribution in [-0.2, 0) is 0 Å². The van der Waals surface area contributed by atoms with E-state index in [4.69, 9.17) is 4.74 Å². The standard InChI is InChI=1S/C18H26F2N2O/c1-2-3-4-5-9-16(22-13-11-21-12-14-22)15-8-6-7-10-17(15)23-18(19)20/h2,6-8,10,16,18,21H,1,3-5,9,11-14H2/t16-/m1/s1. The molecule has 1 aromatic carbocycles. The Bertz CT molecular complexity index is 476. The zero-order chi connectivity index (χ0) is 16.5. The molecule has 1 fully saturated rings. The van der Waals surface area contributed by atoms with Crippen LogP contribution >= 0.6 is 0 Å². The van der Waals surface area contributed by atoms with Gasteiger partial charge in [-0.3, -0.25) is 4.90 Å². The molecule has 3 nitrogen and oxygen atoms in total. The van der Waals surface area contributed by atoms with Crippen LogP contribution in [0.3, 0.4) is 0 Å². The van der Waals surface area contributed by atoms with Gasteiger partial charge in [-0.15, -0.1) is 6.58 Å². The van der Waals surface area contributed by atoms with Crippen molar-refractivity contribution in [2.45, 2.75) is 38.3 Å². The fourth-order valence-electron chi connectivity index (χ4n) is 3.11. The maximum atomic E-state index is 12.7. The summed E-state index contributed by atoms with van der Waals surface area (Å²) in [6.07, 6.45) is 5.97. The van der Waals surface area contributed by atoms with Crippen LogP contribution in [0.4, 0.5) is 8.78 Å². The molecule has 1 heterocycles. The molecule has 1 aromatic rings. The van der Waals surface area contributed by atoms with E-state index >= 15 is 0 Å². The largest absolute Gasteiger partial charge is 0.434 e. The third kappa shape index (κ3) is 5.59. The summed E-state index contributed by atoms with van der Waals surface area (Å²) in [5, 5.41) is 3.34. The van der Waals surface area contributed by atoms with E-state index in [9.17, 15) is 8.78 Å². The van der Waals surface area contributed by atoms with Crippen molar-refractivity contribution in [3.63, 3.8) is 0 Å². The van der Waals surface area contributed by atoms with Crippen LogP contribution in [-0.4, -0.2) is 37.7 Å². The average molecular weight is 324 g/mol.